The second-order valence-electron chi connectivity index (χ2n) is 4.32. The predicted octanol–water partition coefficient (Wildman–Crippen LogP) is 2.34. The minimum atomic E-state index is 0.203. The number of hydrogen-bond donors (Lipinski definition) is 0. The number of aryl methyl sites for hydroxylation is 1. The molecule has 6 heteroatoms. The Balaban J connectivity index is 1.60. The average molecular weight is 291 g/mol. The summed E-state index contributed by atoms with van der Waals surface area (Å²) >= 11 is 1.42. The molecule has 0 aliphatic heterocycles. The number of nitrogens with zero attached hydrogens (tertiary/aromatic N) is 3. The molecule has 0 fully saturated rings. The van der Waals surface area contributed by atoms with E-state index < -0.39 is 0 Å². The lowest BCUT2D eigenvalue weighted by atomic mass is 10.2. The summed E-state index contributed by atoms with van der Waals surface area (Å²) in [7, 11) is 1.86. The number of ketones is 1. The van der Waals surface area contributed by atoms with E-state index in [1.165, 1.54) is 11.8 Å². The van der Waals surface area contributed by atoms with Gasteiger partial charge in [0.2, 0.25) is 0 Å². The zero-order chi connectivity index (χ0) is 14.2. The molecule has 20 heavy (non-hydrogen) atoms. The van der Waals surface area contributed by atoms with E-state index in [-0.39, 0.29) is 5.78 Å². The number of thioether (sulfide) groups is 1. The molecule has 0 aliphatic rings. The van der Waals surface area contributed by atoms with Crippen LogP contribution >= 0.6 is 11.8 Å². The molecule has 2 aromatic rings. The SMILES string of the molecule is Cn1cnnc1SCC(=O)CCCOc1ccccc1. The first-order valence-corrected chi connectivity index (χ1v) is 7.40. The van der Waals surface area contributed by atoms with E-state index in [9.17, 15) is 4.79 Å². The molecular weight excluding hydrogens is 274 g/mol. The molecule has 0 amide bonds. The molecule has 0 radical (unpaired) electrons. The van der Waals surface area contributed by atoms with Crippen LogP contribution in [-0.2, 0) is 11.8 Å². The summed E-state index contributed by atoms with van der Waals surface area (Å²) in [6, 6.07) is 9.62. The van der Waals surface area contributed by atoms with Gasteiger partial charge in [-0.3, -0.25) is 4.79 Å². The van der Waals surface area contributed by atoms with Gasteiger partial charge in [-0.25, -0.2) is 0 Å². The van der Waals surface area contributed by atoms with E-state index in [1.807, 2.05) is 37.4 Å². The molecule has 0 unspecified atom stereocenters. The summed E-state index contributed by atoms with van der Waals surface area (Å²) in [6.45, 7) is 0.560. The number of carbonyl (C=O) groups excluding carboxylic acids is 1. The molecule has 5 nitrogen and oxygen atoms in total. The van der Waals surface area contributed by atoms with E-state index in [2.05, 4.69) is 10.2 Å². The highest BCUT2D eigenvalue weighted by molar-refractivity contribution is 7.99. The van der Waals surface area contributed by atoms with Gasteiger partial charge in [0.1, 0.15) is 17.9 Å². The van der Waals surface area contributed by atoms with Crippen LogP contribution in [-0.4, -0.2) is 32.9 Å². The Morgan fingerprint density at radius 1 is 1.35 bits per heavy atom. The van der Waals surface area contributed by atoms with E-state index in [0.717, 1.165) is 17.3 Å². The largest absolute Gasteiger partial charge is 0.494 e. The lowest BCUT2D eigenvalue weighted by Crippen LogP contribution is -2.06. The van der Waals surface area contributed by atoms with Crippen LogP contribution in [0.15, 0.2) is 41.8 Å². The summed E-state index contributed by atoms with van der Waals surface area (Å²) in [4.78, 5) is 11.7. The van der Waals surface area contributed by atoms with Crippen LogP contribution in [0.5, 0.6) is 5.75 Å². The van der Waals surface area contributed by atoms with Gasteiger partial charge in [-0.1, -0.05) is 30.0 Å². The summed E-state index contributed by atoms with van der Waals surface area (Å²) in [5.41, 5.74) is 0. The maximum absolute atomic E-state index is 11.7. The van der Waals surface area contributed by atoms with Crippen molar-refractivity contribution >= 4 is 17.5 Å². The van der Waals surface area contributed by atoms with Gasteiger partial charge in [0.25, 0.3) is 0 Å². The lowest BCUT2D eigenvalue weighted by molar-refractivity contribution is -0.116. The second kappa shape index (κ2) is 7.69. The maximum atomic E-state index is 11.7. The van der Waals surface area contributed by atoms with E-state index in [1.54, 1.807) is 10.9 Å². The third kappa shape index (κ3) is 4.70. The Labute approximate surface area is 122 Å². The fourth-order valence-electron chi connectivity index (χ4n) is 1.60. The molecule has 0 saturated carbocycles. The predicted molar refractivity (Wildman–Crippen MR) is 77.9 cm³/mol. The standard InChI is InChI=1S/C14H17N3O2S/c1-17-11-15-16-14(17)20-10-12(18)6-5-9-19-13-7-3-2-4-8-13/h2-4,7-8,11H,5-6,9-10H2,1H3. The Hall–Kier alpha value is -1.82. The molecule has 0 saturated heterocycles. The van der Waals surface area contributed by atoms with E-state index in [0.29, 0.717) is 18.8 Å². The first kappa shape index (κ1) is 14.6. The second-order valence-corrected chi connectivity index (χ2v) is 5.26. The number of aromatic nitrogens is 3. The molecule has 2 rings (SSSR count). The summed E-state index contributed by atoms with van der Waals surface area (Å²) in [5.74, 6) is 1.47. The van der Waals surface area contributed by atoms with E-state index in [4.69, 9.17) is 4.74 Å². The molecule has 0 bridgehead atoms. The topological polar surface area (TPSA) is 57.0 Å². The fraction of sp³-hybridized carbons (Fsp3) is 0.357. The Morgan fingerprint density at radius 3 is 2.85 bits per heavy atom. The highest BCUT2D eigenvalue weighted by Gasteiger charge is 2.07. The van der Waals surface area contributed by atoms with Crippen LogP contribution in [0.25, 0.3) is 0 Å². The quantitative estimate of drug-likeness (QED) is 0.552. The minimum Gasteiger partial charge on any atom is -0.494 e. The van der Waals surface area contributed by atoms with Crippen molar-refractivity contribution < 1.29 is 9.53 Å². The Kier molecular flexibility index (Phi) is 5.61. The number of hydrogen-bond acceptors (Lipinski definition) is 5. The highest BCUT2D eigenvalue weighted by atomic mass is 32.2. The van der Waals surface area contributed by atoms with Crippen LogP contribution in [0.4, 0.5) is 0 Å². The number of benzene rings is 1. The van der Waals surface area contributed by atoms with Gasteiger partial charge in [-0.15, -0.1) is 10.2 Å². The molecule has 0 atom stereocenters. The van der Waals surface area contributed by atoms with Gasteiger partial charge in [-0.05, 0) is 18.6 Å². The van der Waals surface area contributed by atoms with Gasteiger partial charge < -0.3 is 9.30 Å². The molecule has 1 aromatic heterocycles. The number of Topliss-reactive ketones (excluding diaryl/α,β-unsaturated/α-hetero) is 1. The average Bonchev–Trinajstić information content (AvgIpc) is 2.88. The number of carbonyl (C=O) groups is 1. The van der Waals surface area contributed by atoms with Gasteiger partial charge in [0, 0.05) is 13.5 Å². The molecule has 106 valence electrons. The molecule has 1 aromatic carbocycles. The molecule has 1 heterocycles. The van der Waals surface area contributed by atoms with E-state index >= 15 is 0 Å². The molecule has 0 spiro atoms. The summed E-state index contributed by atoms with van der Waals surface area (Å²) in [5, 5.41) is 8.46. The van der Waals surface area contributed by atoms with Gasteiger partial charge >= 0.3 is 0 Å². The van der Waals surface area contributed by atoms with Crippen molar-refractivity contribution in [2.75, 3.05) is 12.4 Å². The van der Waals surface area contributed by atoms with Gasteiger partial charge in [0.05, 0.1) is 12.4 Å². The zero-order valence-corrected chi connectivity index (χ0v) is 12.2. The number of rotatable bonds is 8. The third-order valence-electron chi connectivity index (χ3n) is 2.64. The molecule has 0 aliphatic carbocycles. The smallest absolute Gasteiger partial charge is 0.191 e. The van der Waals surface area contributed by atoms with Crippen LogP contribution in [0, 0.1) is 0 Å². The van der Waals surface area contributed by atoms with Gasteiger partial charge in [0.15, 0.2) is 5.16 Å². The van der Waals surface area contributed by atoms with Crippen LogP contribution in [0.1, 0.15) is 12.8 Å². The Morgan fingerprint density at radius 2 is 2.15 bits per heavy atom. The van der Waals surface area contributed by atoms with Crippen molar-refractivity contribution in [1.82, 2.24) is 14.8 Å². The van der Waals surface area contributed by atoms with Crippen LogP contribution in [0.2, 0.25) is 0 Å². The third-order valence-corrected chi connectivity index (χ3v) is 3.74. The maximum Gasteiger partial charge on any atom is 0.191 e. The van der Waals surface area contributed by atoms with Crippen molar-refractivity contribution in [3.63, 3.8) is 0 Å². The first-order valence-electron chi connectivity index (χ1n) is 6.42. The summed E-state index contributed by atoms with van der Waals surface area (Å²) in [6.07, 6.45) is 2.88. The fourth-order valence-corrected chi connectivity index (χ4v) is 2.39. The Bertz CT molecular complexity index is 542. The minimum absolute atomic E-state index is 0.203. The highest BCUT2D eigenvalue weighted by Crippen LogP contribution is 2.14. The van der Waals surface area contributed by atoms with Crippen molar-refractivity contribution in [2.45, 2.75) is 18.0 Å². The number of para-hydroxylation sites is 1. The van der Waals surface area contributed by atoms with Crippen LogP contribution < -0.4 is 4.74 Å². The van der Waals surface area contributed by atoms with Gasteiger partial charge in [-0.2, -0.15) is 0 Å². The van der Waals surface area contributed by atoms with Crippen molar-refractivity contribution in [3.05, 3.63) is 36.7 Å². The molecular formula is C14H17N3O2S. The zero-order valence-electron chi connectivity index (χ0n) is 11.4. The van der Waals surface area contributed by atoms with Crippen molar-refractivity contribution in [1.29, 1.82) is 0 Å². The monoisotopic (exact) mass is 291 g/mol. The van der Waals surface area contributed by atoms with Crippen molar-refractivity contribution in [3.8, 4) is 5.75 Å². The number of ether oxygens (including phenoxy) is 1. The van der Waals surface area contributed by atoms with Crippen molar-refractivity contribution in [2.24, 2.45) is 7.05 Å². The normalized spacial score (nSPS) is 10.4. The summed E-state index contributed by atoms with van der Waals surface area (Å²) < 4.78 is 7.34. The van der Waals surface area contributed by atoms with Crippen LogP contribution in [0.3, 0.4) is 0 Å². The molecule has 0 N–H and O–H groups in total. The first-order chi connectivity index (χ1) is 9.75. The lowest BCUT2D eigenvalue weighted by Gasteiger charge is -2.05.